The molecule has 0 aromatic heterocycles. The van der Waals surface area contributed by atoms with Gasteiger partial charge in [0.25, 0.3) is 11.1 Å². The van der Waals surface area contributed by atoms with Crippen molar-refractivity contribution in [1.82, 2.24) is 4.90 Å². The normalized spacial score (nSPS) is 15.7. The molecule has 134 valence electrons. The molecule has 1 aliphatic heterocycles. The zero-order valence-corrected chi connectivity index (χ0v) is 15.2. The van der Waals surface area contributed by atoms with Crippen LogP contribution in [0, 0.1) is 0 Å². The molecule has 1 N–H and O–H groups in total. The number of hydrogen-bond donors (Lipinski definition) is 1. The van der Waals surface area contributed by atoms with Crippen molar-refractivity contribution < 1.29 is 19.4 Å². The molecule has 1 aliphatic rings. The van der Waals surface area contributed by atoms with E-state index in [2.05, 4.69) is 0 Å². The number of imide groups is 1. The molecule has 2 aromatic rings. The second kappa shape index (κ2) is 8.10. The summed E-state index contributed by atoms with van der Waals surface area (Å²) in [6.07, 6.45) is 2.14. The topological polar surface area (TPSA) is 66.8 Å². The van der Waals surface area contributed by atoms with Gasteiger partial charge in [0, 0.05) is 12.1 Å². The van der Waals surface area contributed by atoms with Crippen molar-refractivity contribution >= 4 is 29.0 Å². The number of rotatable bonds is 6. The van der Waals surface area contributed by atoms with Gasteiger partial charge in [-0.25, -0.2) is 0 Å². The standard InChI is InChI=1S/C20H19NO4S/c1-2-25-16-10-6-9-15(18(16)22)13-17-19(23)21(20(24)26-17)12-11-14-7-4-3-5-8-14/h3-10,13,22H,2,11-12H2,1H3/b17-13-. The summed E-state index contributed by atoms with van der Waals surface area (Å²) in [5.74, 6) is -0.0212. The molecule has 2 amide bonds. The maximum Gasteiger partial charge on any atom is 0.293 e. The summed E-state index contributed by atoms with van der Waals surface area (Å²) >= 11 is 0.886. The Balaban J connectivity index is 1.76. The average molecular weight is 369 g/mol. The quantitative estimate of drug-likeness (QED) is 0.778. The fourth-order valence-electron chi connectivity index (χ4n) is 2.65. The molecule has 3 rings (SSSR count). The fourth-order valence-corrected chi connectivity index (χ4v) is 3.50. The Labute approximate surface area is 156 Å². The number of benzene rings is 2. The first-order valence-corrected chi connectivity index (χ1v) is 9.16. The molecule has 0 radical (unpaired) electrons. The monoisotopic (exact) mass is 369 g/mol. The number of phenols is 1. The zero-order valence-electron chi connectivity index (χ0n) is 14.3. The van der Waals surface area contributed by atoms with Crippen molar-refractivity contribution in [2.45, 2.75) is 13.3 Å². The van der Waals surface area contributed by atoms with E-state index in [9.17, 15) is 14.7 Å². The molecular weight excluding hydrogens is 350 g/mol. The molecule has 0 atom stereocenters. The number of hydrogen-bond acceptors (Lipinski definition) is 5. The predicted molar refractivity (Wildman–Crippen MR) is 102 cm³/mol. The van der Waals surface area contributed by atoms with Crippen LogP contribution in [0.5, 0.6) is 11.5 Å². The van der Waals surface area contributed by atoms with Crippen LogP contribution in [-0.4, -0.2) is 34.3 Å². The van der Waals surface area contributed by atoms with E-state index in [0.717, 1.165) is 17.3 Å². The van der Waals surface area contributed by atoms with Crippen LogP contribution >= 0.6 is 11.8 Å². The lowest BCUT2D eigenvalue weighted by Gasteiger charge is -2.12. The summed E-state index contributed by atoms with van der Waals surface area (Å²) in [5.41, 5.74) is 1.52. The Hall–Kier alpha value is -2.73. The number of carbonyl (C=O) groups is 2. The zero-order chi connectivity index (χ0) is 18.5. The van der Waals surface area contributed by atoms with E-state index in [1.165, 1.54) is 11.0 Å². The Morgan fingerprint density at radius 3 is 2.62 bits per heavy atom. The second-order valence-electron chi connectivity index (χ2n) is 5.70. The molecule has 0 unspecified atom stereocenters. The smallest absolute Gasteiger partial charge is 0.293 e. The Morgan fingerprint density at radius 2 is 1.88 bits per heavy atom. The van der Waals surface area contributed by atoms with E-state index in [4.69, 9.17) is 4.74 Å². The van der Waals surface area contributed by atoms with Crippen LogP contribution in [0.4, 0.5) is 4.79 Å². The van der Waals surface area contributed by atoms with Gasteiger partial charge in [-0.2, -0.15) is 0 Å². The first kappa shape index (κ1) is 18.1. The molecule has 0 spiro atoms. The van der Waals surface area contributed by atoms with Crippen molar-refractivity contribution in [3.8, 4) is 11.5 Å². The van der Waals surface area contributed by atoms with E-state index in [1.807, 2.05) is 37.3 Å². The third kappa shape index (κ3) is 3.91. The largest absolute Gasteiger partial charge is 0.504 e. The third-order valence-corrected chi connectivity index (χ3v) is 4.86. The van der Waals surface area contributed by atoms with Gasteiger partial charge in [-0.1, -0.05) is 42.5 Å². The van der Waals surface area contributed by atoms with Crippen molar-refractivity contribution in [1.29, 1.82) is 0 Å². The van der Waals surface area contributed by atoms with Gasteiger partial charge in [-0.3, -0.25) is 14.5 Å². The Kier molecular flexibility index (Phi) is 5.63. The summed E-state index contributed by atoms with van der Waals surface area (Å²) in [6.45, 7) is 2.58. The maximum absolute atomic E-state index is 12.6. The molecule has 1 saturated heterocycles. The lowest BCUT2D eigenvalue weighted by Crippen LogP contribution is -2.30. The van der Waals surface area contributed by atoms with Gasteiger partial charge in [0.2, 0.25) is 0 Å². The highest BCUT2D eigenvalue weighted by atomic mass is 32.2. The summed E-state index contributed by atoms with van der Waals surface area (Å²) < 4.78 is 5.35. The van der Waals surface area contributed by atoms with Crippen LogP contribution in [0.15, 0.2) is 53.4 Å². The van der Waals surface area contributed by atoms with Gasteiger partial charge >= 0.3 is 0 Å². The first-order valence-electron chi connectivity index (χ1n) is 8.34. The minimum Gasteiger partial charge on any atom is -0.504 e. The van der Waals surface area contributed by atoms with Gasteiger partial charge in [0.05, 0.1) is 11.5 Å². The fraction of sp³-hybridized carbons (Fsp3) is 0.200. The van der Waals surface area contributed by atoms with Crippen molar-refractivity contribution in [2.75, 3.05) is 13.2 Å². The molecule has 6 heteroatoms. The van der Waals surface area contributed by atoms with Crippen molar-refractivity contribution in [3.63, 3.8) is 0 Å². The van der Waals surface area contributed by atoms with Crippen LogP contribution in [0.1, 0.15) is 18.1 Å². The number of para-hydroxylation sites is 1. The second-order valence-corrected chi connectivity index (χ2v) is 6.69. The SMILES string of the molecule is CCOc1cccc(/C=C2\SC(=O)N(CCc3ccccc3)C2=O)c1O. The van der Waals surface area contributed by atoms with E-state index < -0.39 is 0 Å². The Bertz CT molecular complexity index is 848. The highest BCUT2D eigenvalue weighted by Crippen LogP contribution is 2.36. The molecule has 1 heterocycles. The van der Waals surface area contributed by atoms with Gasteiger partial charge < -0.3 is 9.84 Å². The van der Waals surface area contributed by atoms with Crippen LogP contribution in [0.2, 0.25) is 0 Å². The van der Waals surface area contributed by atoms with Gasteiger partial charge in [0.1, 0.15) is 0 Å². The van der Waals surface area contributed by atoms with E-state index in [-0.39, 0.29) is 16.9 Å². The number of aromatic hydroxyl groups is 1. The lowest BCUT2D eigenvalue weighted by atomic mass is 10.1. The van der Waals surface area contributed by atoms with E-state index >= 15 is 0 Å². The number of nitrogens with zero attached hydrogens (tertiary/aromatic N) is 1. The highest BCUT2D eigenvalue weighted by Gasteiger charge is 2.34. The van der Waals surface area contributed by atoms with Gasteiger partial charge in [0.15, 0.2) is 11.5 Å². The van der Waals surface area contributed by atoms with Gasteiger partial charge in [-0.15, -0.1) is 0 Å². The molecule has 2 aromatic carbocycles. The molecular formula is C20H19NO4S. The maximum atomic E-state index is 12.6. The average Bonchev–Trinajstić information content (AvgIpc) is 2.91. The van der Waals surface area contributed by atoms with Crippen molar-refractivity contribution in [3.05, 3.63) is 64.6 Å². The van der Waals surface area contributed by atoms with Crippen LogP contribution < -0.4 is 4.74 Å². The van der Waals surface area contributed by atoms with Crippen LogP contribution in [0.25, 0.3) is 6.08 Å². The van der Waals surface area contributed by atoms with E-state index in [1.54, 1.807) is 18.2 Å². The number of thioether (sulfide) groups is 1. The predicted octanol–water partition coefficient (Wildman–Crippen LogP) is 4.07. The molecule has 0 saturated carbocycles. The number of amides is 2. The summed E-state index contributed by atoms with van der Waals surface area (Å²) in [6, 6.07) is 14.8. The van der Waals surface area contributed by atoms with Gasteiger partial charge in [-0.05, 0) is 42.8 Å². The molecule has 5 nitrogen and oxygen atoms in total. The molecule has 0 aliphatic carbocycles. The summed E-state index contributed by atoms with van der Waals surface area (Å²) in [7, 11) is 0. The minimum absolute atomic E-state index is 0.0366. The Morgan fingerprint density at radius 1 is 1.12 bits per heavy atom. The van der Waals surface area contributed by atoms with Crippen LogP contribution in [0.3, 0.4) is 0 Å². The van der Waals surface area contributed by atoms with E-state index in [0.29, 0.717) is 35.8 Å². The minimum atomic E-state index is -0.336. The first-order chi connectivity index (χ1) is 12.6. The number of carbonyl (C=O) groups excluding carboxylic acids is 2. The summed E-state index contributed by atoms with van der Waals surface area (Å²) in [5, 5.41) is 9.97. The van der Waals surface area contributed by atoms with Crippen LogP contribution in [-0.2, 0) is 11.2 Å². The number of ether oxygens (including phenoxy) is 1. The highest BCUT2D eigenvalue weighted by molar-refractivity contribution is 8.18. The van der Waals surface area contributed by atoms with Crippen molar-refractivity contribution in [2.24, 2.45) is 0 Å². The molecule has 26 heavy (non-hydrogen) atoms. The molecule has 1 fully saturated rings. The number of phenolic OH excluding ortho intramolecular Hbond substituents is 1. The molecule has 0 bridgehead atoms. The summed E-state index contributed by atoms with van der Waals surface area (Å²) in [4.78, 5) is 26.3. The third-order valence-electron chi connectivity index (χ3n) is 3.96. The lowest BCUT2D eigenvalue weighted by molar-refractivity contribution is -0.122.